The molecule has 0 atom stereocenters. The van der Waals surface area contributed by atoms with Gasteiger partial charge < -0.3 is 14.3 Å². The number of nitrogens with zero attached hydrogens (tertiary/aromatic N) is 2. The fourth-order valence-electron chi connectivity index (χ4n) is 3.12. The van der Waals surface area contributed by atoms with Crippen molar-refractivity contribution in [2.24, 2.45) is 0 Å². The first-order chi connectivity index (χ1) is 13.5. The highest BCUT2D eigenvalue weighted by Crippen LogP contribution is 2.36. The van der Waals surface area contributed by atoms with Gasteiger partial charge in [0.1, 0.15) is 16.3 Å². The lowest BCUT2D eigenvalue weighted by atomic mass is 10.0. The first-order valence-electron chi connectivity index (χ1n) is 8.43. The number of aromatic carboxylic acids is 1. The predicted octanol–water partition coefficient (Wildman–Crippen LogP) is 3.78. The Morgan fingerprint density at radius 2 is 2.14 bits per heavy atom. The maximum absolute atomic E-state index is 13.2. The Balaban J connectivity index is 1.83. The van der Waals surface area contributed by atoms with E-state index in [1.54, 1.807) is 13.2 Å². The number of carboxylic acids is 1. The van der Waals surface area contributed by atoms with Crippen LogP contribution < -0.4 is 10.3 Å². The van der Waals surface area contributed by atoms with Crippen molar-refractivity contribution in [3.63, 3.8) is 0 Å². The van der Waals surface area contributed by atoms with Crippen molar-refractivity contribution in [2.75, 3.05) is 7.11 Å². The molecular formula is C20H16N2O5S. The van der Waals surface area contributed by atoms with Crippen LogP contribution in [0.2, 0.25) is 0 Å². The maximum atomic E-state index is 13.2. The molecule has 8 heteroatoms. The highest BCUT2D eigenvalue weighted by atomic mass is 32.1. The van der Waals surface area contributed by atoms with Gasteiger partial charge in [-0.25, -0.2) is 9.78 Å². The second-order valence-corrected chi connectivity index (χ2v) is 7.40. The van der Waals surface area contributed by atoms with Crippen molar-refractivity contribution in [1.29, 1.82) is 0 Å². The van der Waals surface area contributed by atoms with Gasteiger partial charge in [-0.05, 0) is 36.8 Å². The van der Waals surface area contributed by atoms with Gasteiger partial charge in [0, 0.05) is 10.4 Å². The Morgan fingerprint density at radius 3 is 2.86 bits per heavy atom. The van der Waals surface area contributed by atoms with Crippen LogP contribution in [0.15, 0.2) is 51.9 Å². The number of furan rings is 1. The van der Waals surface area contributed by atoms with E-state index in [0.717, 1.165) is 16.0 Å². The summed E-state index contributed by atoms with van der Waals surface area (Å²) in [7, 11) is 1.60. The van der Waals surface area contributed by atoms with E-state index in [1.165, 1.54) is 28.3 Å². The summed E-state index contributed by atoms with van der Waals surface area (Å²) >= 11 is 1.46. The Labute approximate surface area is 163 Å². The van der Waals surface area contributed by atoms with Gasteiger partial charge in [-0.15, -0.1) is 11.3 Å². The van der Waals surface area contributed by atoms with Crippen molar-refractivity contribution in [2.45, 2.75) is 13.5 Å². The fraction of sp³-hybridized carbons (Fsp3) is 0.150. The van der Waals surface area contributed by atoms with E-state index in [0.29, 0.717) is 21.7 Å². The van der Waals surface area contributed by atoms with Gasteiger partial charge in [-0.2, -0.15) is 0 Å². The molecule has 0 aliphatic rings. The van der Waals surface area contributed by atoms with Gasteiger partial charge in [0.2, 0.25) is 5.76 Å². The largest absolute Gasteiger partial charge is 0.497 e. The summed E-state index contributed by atoms with van der Waals surface area (Å²) in [6, 6.07) is 10.5. The molecule has 4 aromatic rings. The van der Waals surface area contributed by atoms with Gasteiger partial charge in [-0.3, -0.25) is 9.36 Å². The molecule has 142 valence electrons. The van der Waals surface area contributed by atoms with Crippen LogP contribution >= 0.6 is 11.3 Å². The molecule has 0 amide bonds. The number of thiophene rings is 1. The highest BCUT2D eigenvalue weighted by Gasteiger charge is 2.18. The van der Waals surface area contributed by atoms with Crippen molar-refractivity contribution in [3.05, 3.63) is 69.5 Å². The number of hydrogen-bond acceptors (Lipinski definition) is 6. The number of aryl methyl sites for hydroxylation is 1. The zero-order chi connectivity index (χ0) is 19.8. The second kappa shape index (κ2) is 6.97. The molecule has 1 aromatic carbocycles. The first kappa shape index (κ1) is 18.0. The van der Waals surface area contributed by atoms with Gasteiger partial charge in [0.15, 0.2) is 0 Å². The van der Waals surface area contributed by atoms with Crippen LogP contribution in [0, 0.1) is 6.92 Å². The molecule has 0 bridgehead atoms. The maximum Gasteiger partial charge on any atom is 0.371 e. The van der Waals surface area contributed by atoms with Crippen LogP contribution in [0.4, 0.5) is 0 Å². The molecule has 0 aliphatic heterocycles. The Bertz CT molecular complexity index is 1250. The van der Waals surface area contributed by atoms with Crippen LogP contribution in [-0.2, 0) is 6.54 Å². The van der Waals surface area contributed by atoms with Gasteiger partial charge in [0.05, 0.1) is 25.4 Å². The quantitative estimate of drug-likeness (QED) is 0.552. The second-order valence-electron chi connectivity index (χ2n) is 6.19. The van der Waals surface area contributed by atoms with Crippen LogP contribution in [0.1, 0.15) is 21.2 Å². The normalized spacial score (nSPS) is 11.1. The number of hydrogen-bond donors (Lipinski definition) is 1. The average Bonchev–Trinajstić information content (AvgIpc) is 3.28. The number of rotatable bonds is 5. The summed E-state index contributed by atoms with van der Waals surface area (Å²) < 4.78 is 12.0. The molecule has 0 fully saturated rings. The molecule has 0 spiro atoms. The number of carboxylic acid groups (broad SMARTS) is 1. The molecule has 28 heavy (non-hydrogen) atoms. The third-order valence-corrected chi connectivity index (χ3v) is 5.43. The van der Waals surface area contributed by atoms with Crippen molar-refractivity contribution in [1.82, 2.24) is 9.55 Å². The lowest BCUT2D eigenvalue weighted by Gasteiger charge is -2.07. The topological polar surface area (TPSA) is 94.6 Å². The van der Waals surface area contributed by atoms with Crippen molar-refractivity contribution >= 4 is 27.5 Å². The summed E-state index contributed by atoms with van der Waals surface area (Å²) in [5, 5.41) is 9.52. The third kappa shape index (κ3) is 3.07. The molecule has 0 aliphatic carbocycles. The van der Waals surface area contributed by atoms with E-state index in [-0.39, 0.29) is 17.9 Å². The summed E-state index contributed by atoms with van der Waals surface area (Å²) in [6.07, 6.45) is 1.46. The summed E-state index contributed by atoms with van der Waals surface area (Å²) in [5.41, 5.74) is 1.50. The van der Waals surface area contributed by atoms with Gasteiger partial charge in [0.25, 0.3) is 5.56 Å². The summed E-state index contributed by atoms with van der Waals surface area (Å²) in [5.74, 6) is -0.241. The fourth-order valence-corrected chi connectivity index (χ4v) is 4.13. The number of methoxy groups -OCH3 is 1. The number of aromatic nitrogens is 2. The Morgan fingerprint density at radius 1 is 1.32 bits per heavy atom. The standard InChI is InChI=1S/C20H16N2O5S/c1-11-16(12-4-3-5-13(8-12)26-2)17-18(28-11)21-10-22(19(17)23)9-14-6-7-15(27-14)20(24)25/h3-8,10H,9H2,1-2H3,(H,24,25). The minimum atomic E-state index is -1.15. The smallest absolute Gasteiger partial charge is 0.371 e. The van der Waals surface area contributed by atoms with E-state index in [4.69, 9.17) is 14.3 Å². The zero-order valence-corrected chi connectivity index (χ0v) is 15.9. The van der Waals surface area contributed by atoms with E-state index < -0.39 is 5.97 Å². The number of benzene rings is 1. The molecule has 0 radical (unpaired) electrons. The van der Waals surface area contributed by atoms with Gasteiger partial charge >= 0.3 is 5.97 Å². The SMILES string of the molecule is COc1cccc(-c2c(C)sc3ncn(Cc4ccc(C(=O)O)o4)c(=O)c23)c1. The summed E-state index contributed by atoms with van der Waals surface area (Å²) in [6.45, 7) is 2.05. The molecule has 0 saturated heterocycles. The van der Waals surface area contributed by atoms with E-state index >= 15 is 0 Å². The van der Waals surface area contributed by atoms with Crippen molar-refractivity contribution < 1.29 is 19.1 Å². The van der Waals surface area contributed by atoms with E-state index in [1.807, 2.05) is 31.2 Å². The number of fused-ring (bicyclic) bond motifs is 1. The van der Waals surface area contributed by atoms with Crippen LogP contribution in [-0.4, -0.2) is 27.7 Å². The van der Waals surface area contributed by atoms with Crippen LogP contribution in [0.25, 0.3) is 21.3 Å². The molecular weight excluding hydrogens is 380 g/mol. The average molecular weight is 396 g/mol. The van der Waals surface area contributed by atoms with E-state index in [9.17, 15) is 9.59 Å². The lowest BCUT2D eigenvalue weighted by molar-refractivity contribution is 0.0660. The first-order valence-corrected chi connectivity index (χ1v) is 9.24. The molecule has 7 nitrogen and oxygen atoms in total. The molecule has 0 saturated carbocycles. The van der Waals surface area contributed by atoms with Crippen LogP contribution in [0.5, 0.6) is 5.75 Å². The van der Waals surface area contributed by atoms with Gasteiger partial charge in [-0.1, -0.05) is 12.1 Å². The van der Waals surface area contributed by atoms with E-state index in [2.05, 4.69) is 4.98 Å². The Kier molecular flexibility index (Phi) is 4.48. The molecule has 3 aromatic heterocycles. The minimum absolute atomic E-state index is 0.0987. The zero-order valence-electron chi connectivity index (χ0n) is 15.1. The third-order valence-electron chi connectivity index (χ3n) is 4.41. The molecule has 0 unspecified atom stereocenters. The number of ether oxygens (including phenoxy) is 1. The minimum Gasteiger partial charge on any atom is -0.497 e. The summed E-state index contributed by atoms with van der Waals surface area (Å²) in [4.78, 5) is 30.2. The van der Waals surface area contributed by atoms with Crippen molar-refractivity contribution in [3.8, 4) is 16.9 Å². The lowest BCUT2D eigenvalue weighted by Crippen LogP contribution is -2.20. The monoisotopic (exact) mass is 396 g/mol. The molecule has 4 rings (SSSR count). The molecule has 1 N–H and O–H groups in total. The number of carbonyl (C=O) groups is 1. The predicted molar refractivity (Wildman–Crippen MR) is 105 cm³/mol. The Hall–Kier alpha value is -3.39. The van der Waals surface area contributed by atoms with Crippen LogP contribution in [0.3, 0.4) is 0 Å². The molecule has 3 heterocycles. The highest BCUT2D eigenvalue weighted by molar-refractivity contribution is 7.19.